The maximum atomic E-state index is 13.2. The van der Waals surface area contributed by atoms with E-state index in [9.17, 15) is 64.8 Å². The summed E-state index contributed by atoms with van der Waals surface area (Å²) in [5, 5.41) is 115. The van der Waals surface area contributed by atoms with Crippen molar-refractivity contribution in [1.29, 1.82) is 0 Å². The predicted octanol–water partition coefficient (Wildman–Crippen LogP) is 0.738. The van der Waals surface area contributed by atoms with E-state index in [1.165, 1.54) is 116 Å². The number of hydrogen-bond donors (Lipinski definition) is 18. The summed E-state index contributed by atoms with van der Waals surface area (Å²) < 4.78 is 0. The van der Waals surface area contributed by atoms with E-state index in [0.29, 0.717) is 18.9 Å². The SMILES string of the molecule is NCCCCNCC(CCCCCCNC(=O)CCCCCCCCCCCCCCCCCCCCCCCNC(=O)CCC(=O)N(CCNC(=O)[C@@H](O)[C@H](O)[C@@H](O)[C@H](O)CO)CCNC(=O)[C@H](O)[C@@H](O)[C@H](O)[C@@H](O)CO)CNCCCCN. The highest BCUT2D eigenvalue weighted by atomic mass is 16.4. The van der Waals surface area contributed by atoms with Crippen molar-refractivity contribution >= 4 is 29.5 Å². The third-order valence-corrected chi connectivity index (χ3v) is 15.6. The molecule has 5 amide bonds. The predicted molar refractivity (Wildman–Crippen MR) is 331 cm³/mol. The number of aliphatic hydroxyl groups is 10. The van der Waals surface area contributed by atoms with Crippen molar-refractivity contribution in [2.45, 2.75) is 261 Å². The van der Waals surface area contributed by atoms with E-state index in [-0.39, 0.29) is 50.8 Å². The number of unbranched alkanes of at least 4 members (excludes halogenated alkanes) is 25. The normalized spacial score (nSPS) is 14.5. The molecule has 0 bridgehead atoms. The highest BCUT2D eigenvalue weighted by Crippen LogP contribution is 2.17. The lowest BCUT2D eigenvalue weighted by Gasteiger charge is -2.27. The Labute approximate surface area is 509 Å². The van der Waals surface area contributed by atoms with E-state index in [4.69, 9.17) is 21.7 Å². The van der Waals surface area contributed by atoms with Crippen LogP contribution in [0.3, 0.4) is 0 Å². The van der Waals surface area contributed by atoms with Crippen LogP contribution in [-0.4, -0.2) is 226 Å². The Bertz CT molecular complexity index is 1560. The number of amides is 5. The zero-order valence-electron chi connectivity index (χ0n) is 52.0. The molecule has 24 heteroatoms. The van der Waals surface area contributed by atoms with Gasteiger partial charge in [0.05, 0.1) is 13.2 Å². The van der Waals surface area contributed by atoms with E-state index in [1.54, 1.807) is 0 Å². The van der Waals surface area contributed by atoms with Crippen molar-refractivity contribution in [2.75, 3.05) is 91.8 Å². The molecule has 0 aliphatic carbocycles. The molecule has 0 unspecified atom stereocenters. The average Bonchev–Trinajstić information content (AvgIpc) is 3.61. The van der Waals surface area contributed by atoms with Gasteiger partial charge in [-0.05, 0) is 96.6 Å². The lowest BCUT2D eigenvalue weighted by atomic mass is 10.00. The molecule has 0 fully saturated rings. The minimum atomic E-state index is -2.22. The van der Waals surface area contributed by atoms with Crippen LogP contribution in [0.15, 0.2) is 0 Å². The number of carbonyl (C=O) groups excluding carboxylic acids is 5. The number of nitrogens with two attached hydrogens (primary N) is 2. The van der Waals surface area contributed by atoms with E-state index < -0.39 is 79.8 Å². The van der Waals surface area contributed by atoms with Gasteiger partial charge in [0.2, 0.25) is 17.7 Å². The van der Waals surface area contributed by atoms with Gasteiger partial charge < -0.3 is 99.3 Å². The van der Waals surface area contributed by atoms with Crippen molar-refractivity contribution in [3.8, 4) is 0 Å². The lowest BCUT2D eigenvalue weighted by Crippen LogP contribution is -2.53. The Morgan fingerprint density at radius 2 is 0.682 bits per heavy atom. The molecule has 24 nitrogen and oxygen atoms in total. The monoisotopic (exact) mass is 1220 g/mol. The van der Waals surface area contributed by atoms with Gasteiger partial charge in [-0.1, -0.05) is 141 Å². The zero-order chi connectivity index (χ0) is 63.1. The maximum Gasteiger partial charge on any atom is 0.251 e. The second-order valence-electron chi connectivity index (χ2n) is 23.2. The average molecular weight is 1220 g/mol. The van der Waals surface area contributed by atoms with Gasteiger partial charge in [-0.15, -0.1) is 0 Å². The number of hydrogen-bond acceptors (Lipinski definition) is 19. The van der Waals surface area contributed by atoms with Crippen LogP contribution in [0.4, 0.5) is 0 Å². The summed E-state index contributed by atoms with van der Waals surface area (Å²) in [7, 11) is 0. The van der Waals surface area contributed by atoms with Crippen LogP contribution in [0.25, 0.3) is 0 Å². The molecule has 0 saturated carbocycles. The highest BCUT2D eigenvalue weighted by molar-refractivity contribution is 5.84. The van der Waals surface area contributed by atoms with Crippen LogP contribution in [0.2, 0.25) is 0 Å². The Hall–Kier alpha value is -3.21. The second kappa shape index (κ2) is 57.2. The molecule has 0 radical (unpaired) electrons. The molecule has 20 N–H and O–H groups in total. The van der Waals surface area contributed by atoms with Gasteiger partial charge in [-0.2, -0.15) is 0 Å². The first kappa shape index (κ1) is 81.8. The Balaban J connectivity index is 4.05. The number of carbonyl (C=O) groups is 5. The van der Waals surface area contributed by atoms with E-state index in [0.717, 1.165) is 128 Å². The fourth-order valence-corrected chi connectivity index (χ4v) is 9.92. The summed E-state index contributed by atoms with van der Waals surface area (Å²) in [6.07, 6.45) is 19.3. The fraction of sp³-hybridized carbons (Fsp3) is 0.918. The van der Waals surface area contributed by atoms with Crippen molar-refractivity contribution in [3.63, 3.8) is 0 Å². The Morgan fingerprint density at radius 3 is 1.05 bits per heavy atom. The van der Waals surface area contributed by atoms with Crippen LogP contribution < -0.4 is 43.4 Å². The van der Waals surface area contributed by atoms with Gasteiger partial charge >= 0.3 is 0 Å². The Kier molecular flexibility index (Phi) is 55.1. The van der Waals surface area contributed by atoms with Crippen LogP contribution in [0.5, 0.6) is 0 Å². The summed E-state index contributed by atoms with van der Waals surface area (Å²) in [5.41, 5.74) is 11.3. The molecule has 8 atom stereocenters. The molecule has 0 aromatic heterocycles. The van der Waals surface area contributed by atoms with Gasteiger partial charge in [-0.3, -0.25) is 24.0 Å². The second-order valence-corrected chi connectivity index (χ2v) is 23.2. The molecule has 502 valence electrons. The molecule has 0 aromatic rings. The molecule has 0 aromatic carbocycles. The minimum Gasteiger partial charge on any atom is -0.394 e. The molecule has 0 aliphatic heterocycles. The topological polar surface area (TPSA) is 415 Å². The Morgan fingerprint density at radius 1 is 0.353 bits per heavy atom. The number of aliphatic hydroxyl groups excluding tert-OH is 10. The minimum absolute atomic E-state index is 0.165. The van der Waals surface area contributed by atoms with E-state index in [1.807, 2.05) is 0 Å². The highest BCUT2D eigenvalue weighted by Gasteiger charge is 2.35. The summed E-state index contributed by atoms with van der Waals surface area (Å²) in [5.74, 6) is -2.43. The van der Waals surface area contributed by atoms with Crippen molar-refractivity contribution < 1.29 is 75.0 Å². The van der Waals surface area contributed by atoms with Crippen molar-refractivity contribution in [3.05, 3.63) is 0 Å². The largest absolute Gasteiger partial charge is 0.394 e. The zero-order valence-corrected chi connectivity index (χ0v) is 52.0. The van der Waals surface area contributed by atoms with Crippen molar-refractivity contribution in [1.82, 2.24) is 36.8 Å². The molecule has 0 aliphatic rings. The number of nitrogens with one attached hydrogen (secondary N) is 6. The summed E-state index contributed by atoms with van der Waals surface area (Å²) >= 11 is 0. The van der Waals surface area contributed by atoms with Gasteiger partial charge in [0.1, 0.15) is 36.6 Å². The molecule has 0 saturated heterocycles. The molecular formula is C61H123N9O15. The van der Waals surface area contributed by atoms with Crippen molar-refractivity contribution in [2.24, 2.45) is 17.4 Å². The first-order valence-corrected chi connectivity index (χ1v) is 32.9. The number of rotatable bonds is 62. The van der Waals surface area contributed by atoms with Crippen LogP contribution >= 0.6 is 0 Å². The summed E-state index contributed by atoms with van der Waals surface area (Å²) in [4.78, 5) is 64.2. The summed E-state index contributed by atoms with van der Waals surface area (Å²) in [6, 6.07) is 0. The quantitative estimate of drug-likeness (QED) is 0.0373. The third kappa shape index (κ3) is 45.7. The standard InChI is InChI=1S/C61H123N9O15/c62-34-24-28-36-64-44-48(45-65-37-29-25-35-63)30-22-19-21-27-38-66-51(75)31-23-18-16-14-12-10-8-6-4-2-1-3-5-7-9-11-13-15-17-20-26-39-67-52(76)32-33-53(77)70(42-40-68-60(84)58(82)56(80)54(78)49(73)46-71)43-41-69-61(85)59(83)57(81)55(79)50(74)47-72/h48-50,54-59,64-65,71-74,78-83H,1-47,62-63H2,(H,66,75)(H,67,76)(H,68,84)(H,69,85)/t49-,50+,54+,55-,56-,57+,58+,59-. The molecule has 0 rings (SSSR count). The van der Waals surface area contributed by atoms with Crippen LogP contribution in [0.1, 0.15) is 212 Å². The van der Waals surface area contributed by atoms with Gasteiger partial charge in [-0.25, -0.2) is 0 Å². The third-order valence-electron chi connectivity index (χ3n) is 15.6. The van der Waals surface area contributed by atoms with Gasteiger partial charge in [0.15, 0.2) is 12.2 Å². The van der Waals surface area contributed by atoms with Crippen LogP contribution in [0, 0.1) is 5.92 Å². The fourth-order valence-electron chi connectivity index (χ4n) is 9.92. The van der Waals surface area contributed by atoms with Gasteiger partial charge in [0.25, 0.3) is 11.8 Å². The maximum absolute atomic E-state index is 13.2. The molecule has 85 heavy (non-hydrogen) atoms. The molecular weight excluding hydrogens is 1100 g/mol. The van der Waals surface area contributed by atoms with Gasteiger partial charge in [0, 0.05) is 58.5 Å². The van der Waals surface area contributed by atoms with E-state index >= 15 is 0 Å². The smallest absolute Gasteiger partial charge is 0.251 e. The van der Waals surface area contributed by atoms with Crippen LogP contribution in [-0.2, 0) is 24.0 Å². The molecule has 0 spiro atoms. The lowest BCUT2D eigenvalue weighted by molar-refractivity contribution is -0.149. The molecule has 0 heterocycles. The first-order valence-electron chi connectivity index (χ1n) is 32.9. The number of nitrogens with zero attached hydrogens (tertiary/aromatic N) is 1. The van der Waals surface area contributed by atoms with E-state index in [2.05, 4.69) is 31.9 Å². The first-order chi connectivity index (χ1) is 41.0. The summed E-state index contributed by atoms with van der Waals surface area (Å²) in [6.45, 7) is 3.93.